The van der Waals surface area contributed by atoms with Gasteiger partial charge in [0.15, 0.2) is 0 Å². The lowest BCUT2D eigenvalue weighted by Gasteiger charge is -2.36. The summed E-state index contributed by atoms with van der Waals surface area (Å²) in [6.45, 7) is 5.90. The van der Waals surface area contributed by atoms with Gasteiger partial charge in [-0.2, -0.15) is 5.10 Å². The minimum Gasteiger partial charge on any atom is -0.348 e. The zero-order chi connectivity index (χ0) is 15.0. The normalized spacial score (nSPS) is 22.1. The zero-order valence-electron chi connectivity index (χ0n) is 12.5. The smallest absolute Gasteiger partial charge is 0.270 e. The van der Waals surface area contributed by atoms with Gasteiger partial charge in [0, 0.05) is 44.4 Å². The van der Waals surface area contributed by atoms with Crippen molar-refractivity contribution in [2.24, 2.45) is 5.10 Å². The van der Waals surface area contributed by atoms with Gasteiger partial charge in [0.25, 0.3) is 5.91 Å². The maximum Gasteiger partial charge on any atom is 0.270 e. The molecular weight excluding hydrogens is 268 g/mol. The molecule has 0 saturated carbocycles. The van der Waals surface area contributed by atoms with Gasteiger partial charge >= 0.3 is 0 Å². The Bertz CT molecular complexity index is 605. The molecule has 3 heterocycles. The second-order valence-corrected chi connectivity index (χ2v) is 5.46. The molecule has 6 heteroatoms. The molecule has 0 saturated heterocycles. The molecule has 2 amide bonds. The fourth-order valence-corrected chi connectivity index (χ4v) is 3.02. The van der Waals surface area contributed by atoms with Crippen molar-refractivity contribution in [3.8, 4) is 0 Å². The van der Waals surface area contributed by atoms with Gasteiger partial charge in [0.05, 0.1) is 6.04 Å². The summed E-state index contributed by atoms with van der Waals surface area (Å²) in [7, 11) is 0. The summed E-state index contributed by atoms with van der Waals surface area (Å²) in [5, 5.41) is 5.63. The largest absolute Gasteiger partial charge is 0.348 e. The number of carbonyl (C=O) groups excluding carboxylic acids is 2. The molecule has 0 fully saturated rings. The maximum atomic E-state index is 12.7. The Morgan fingerprint density at radius 2 is 2.19 bits per heavy atom. The molecule has 1 aromatic rings. The van der Waals surface area contributed by atoms with Crippen molar-refractivity contribution in [2.75, 3.05) is 13.1 Å². The monoisotopic (exact) mass is 288 g/mol. The molecule has 6 nitrogen and oxygen atoms in total. The van der Waals surface area contributed by atoms with E-state index in [9.17, 15) is 9.59 Å². The van der Waals surface area contributed by atoms with Crippen molar-refractivity contribution in [2.45, 2.75) is 39.3 Å². The summed E-state index contributed by atoms with van der Waals surface area (Å²) in [5.74, 6) is -0.0458. The highest BCUT2D eigenvalue weighted by atomic mass is 16.2. The first-order valence-electron chi connectivity index (χ1n) is 7.45. The van der Waals surface area contributed by atoms with Crippen molar-refractivity contribution >= 4 is 17.5 Å². The molecule has 0 unspecified atom stereocenters. The molecule has 0 N–H and O–H groups in total. The Hall–Kier alpha value is -2.11. The van der Waals surface area contributed by atoms with Crippen LogP contribution in [0.2, 0.25) is 0 Å². The lowest BCUT2D eigenvalue weighted by Crippen LogP contribution is -2.46. The Morgan fingerprint density at radius 1 is 1.38 bits per heavy atom. The number of nitrogens with zero attached hydrogens (tertiary/aromatic N) is 4. The summed E-state index contributed by atoms with van der Waals surface area (Å²) in [6.07, 6.45) is 2.86. The van der Waals surface area contributed by atoms with Crippen molar-refractivity contribution in [1.29, 1.82) is 0 Å². The number of rotatable bonds is 2. The summed E-state index contributed by atoms with van der Waals surface area (Å²) >= 11 is 0. The number of hydrazone groups is 1. The molecule has 2 aliphatic heterocycles. The number of fused-ring (bicyclic) bond motifs is 1. The lowest BCUT2D eigenvalue weighted by molar-refractivity contribution is -0.132. The number of carbonyl (C=O) groups is 2. The summed E-state index contributed by atoms with van der Waals surface area (Å²) < 4.78 is 2.18. The van der Waals surface area contributed by atoms with E-state index in [1.54, 1.807) is 0 Å². The van der Waals surface area contributed by atoms with Crippen LogP contribution in [-0.4, -0.2) is 45.1 Å². The van der Waals surface area contributed by atoms with Crippen LogP contribution in [-0.2, 0) is 16.1 Å². The minimum atomic E-state index is -0.0408. The van der Waals surface area contributed by atoms with Gasteiger partial charge in [-0.3, -0.25) is 9.59 Å². The summed E-state index contributed by atoms with van der Waals surface area (Å²) in [6, 6.07) is 4.10. The van der Waals surface area contributed by atoms with Crippen molar-refractivity contribution in [3.63, 3.8) is 0 Å². The highest BCUT2D eigenvalue weighted by molar-refractivity contribution is 6.39. The molecule has 21 heavy (non-hydrogen) atoms. The molecule has 0 spiro atoms. The van der Waals surface area contributed by atoms with E-state index in [4.69, 9.17) is 0 Å². The van der Waals surface area contributed by atoms with E-state index >= 15 is 0 Å². The summed E-state index contributed by atoms with van der Waals surface area (Å²) in [4.78, 5) is 26.2. The fourth-order valence-electron chi connectivity index (χ4n) is 3.02. The van der Waals surface area contributed by atoms with Crippen LogP contribution in [0.3, 0.4) is 0 Å². The Kier molecular flexibility index (Phi) is 3.53. The first-order valence-corrected chi connectivity index (χ1v) is 7.45. The van der Waals surface area contributed by atoms with Crippen molar-refractivity contribution < 1.29 is 9.59 Å². The van der Waals surface area contributed by atoms with E-state index in [2.05, 4.69) is 15.7 Å². The Balaban J connectivity index is 1.82. The Labute approximate surface area is 124 Å². The molecule has 3 rings (SSSR count). The molecule has 1 atom stereocenters. The molecule has 0 aliphatic carbocycles. The molecule has 0 bridgehead atoms. The van der Waals surface area contributed by atoms with Crippen LogP contribution < -0.4 is 0 Å². The highest BCUT2D eigenvalue weighted by Gasteiger charge is 2.32. The van der Waals surface area contributed by atoms with Crippen molar-refractivity contribution in [1.82, 2.24) is 14.5 Å². The quantitative estimate of drug-likeness (QED) is 0.825. The first kappa shape index (κ1) is 13.9. The van der Waals surface area contributed by atoms with Crippen LogP contribution in [0.25, 0.3) is 0 Å². The van der Waals surface area contributed by atoms with E-state index in [1.807, 2.05) is 31.0 Å². The van der Waals surface area contributed by atoms with E-state index < -0.39 is 0 Å². The topological polar surface area (TPSA) is 57.9 Å². The number of aromatic nitrogens is 1. The standard InChI is InChI=1S/C15H20N4O2/c1-3-19-14(20)7-6-12(16-19)15(21)18-10-9-17-8-4-5-13(17)11(18)2/h4-5,8,11H,3,6-7,9-10H2,1-2H3/t11-/m0/s1. The third-order valence-electron chi connectivity index (χ3n) is 4.25. The zero-order valence-corrected chi connectivity index (χ0v) is 12.5. The predicted octanol–water partition coefficient (Wildman–Crippen LogP) is 1.39. The number of amides is 2. The van der Waals surface area contributed by atoms with Gasteiger partial charge < -0.3 is 9.47 Å². The number of hydrogen-bond acceptors (Lipinski definition) is 3. The van der Waals surface area contributed by atoms with Gasteiger partial charge in [0.2, 0.25) is 5.91 Å². The van der Waals surface area contributed by atoms with Crippen LogP contribution in [0.1, 0.15) is 38.4 Å². The SMILES string of the molecule is CCN1N=C(C(=O)N2CCn3cccc3[C@@H]2C)CCC1=O. The van der Waals surface area contributed by atoms with Gasteiger partial charge in [-0.1, -0.05) is 0 Å². The third-order valence-corrected chi connectivity index (χ3v) is 4.25. The summed E-state index contributed by atoms with van der Waals surface area (Å²) in [5.41, 5.74) is 1.65. The van der Waals surface area contributed by atoms with Gasteiger partial charge in [-0.05, 0) is 26.0 Å². The van der Waals surface area contributed by atoms with E-state index in [0.29, 0.717) is 31.6 Å². The van der Waals surface area contributed by atoms with Gasteiger partial charge in [-0.25, -0.2) is 5.01 Å². The molecule has 0 aromatic carbocycles. The first-order chi connectivity index (χ1) is 10.1. The lowest BCUT2D eigenvalue weighted by atomic mass is 10.1. The molecular formula is C15H20N4O2. The second-order valence-electron chi connectivity index (χ2n) is 5.46. The molecule has 2 aliphatic rings. The van der Waals surface area contributed by atoms with Crippen LogP contribution in [0.15, 0.2) is 23.4 Å². The van der Waals surface area contributed by atoms with Crippen LogP contribution >= 0.6 is 0 Å². The molecule has 1 aromatic heterocycles. The second kappa shape index (κ2) is 5.35. The predicted molar refractivity (Wildman–Crippen MR) is 78.6 cm³/mol. The van der Waals surface area contributed by atoms with E-state index in [1.165, 1.54) is 5.01 Å². The maximum absolute atomic E-state index is 12.7. The van der Waals surface area contributed by atoms with Gasteiger partial charge in [0.1, 0.15) is 5.71 Å². The van der Waals surface area contributed by atoms with Crippen LogP contribution in [0.4, 0.5) is 0 Å². The van der Waals surface area contributed by atoms with Gasteiger partial charge in [-0.15, -0.1) is 0 Å². The fraction of sp³-hybridized carbons (Fsp3) is 0.533. The third kappa shape index (κ3) is 2.34. The van der Waals surface area contributed by atoms with Crippen molar-refractivity contribution in [3.05, 3.63) is 24.0 Å². The minimum absolute atomic E-state index is 0.00498. The van der Waals surface area contributed by atoms with Crippen LogP contribution in [0.5, 0.6) is 0 Å². The van der Waals surface area contributed by atoms with E-state index in [-0.39, 0.29) is 17.9 Å². The molecule has 0 radical (unpaired) electrons. The van der Waals surface area contributed by atoms with E-state index in [0.717, 1.165) is 12.2 Å². The average molecular weight is 288 g/mol. The molecule has 112 valence electrons. The number of hydrogen-bond donors (Lipinski definition) is 0. The Morgan fingerprint density at radius 3 is 2.95 bits per heavy atom. The van der Waals surface area contributed by atoms with Crippen LogP contribution in [0, 0.1) is 0 Å². The average Bonchev–Trinajstić information content (AvgIpc) is 2.97. The highest BCUT2D eigenvalue weighted by Crippen LogP contribution is 2.26.